The Morgan fingerprint density at radius 1 is 0.968 bits per heavy atom. The van der Waals surface area contributed by atoms with Crippen LogP contribution in [0.2, 0.25) is 0 Å². The number of aromatic nitrogens is 5. The smallest absolute Gasteiger partial charge is 0.257 e. The van der Waals surface area contributed by atoms with Gasteiger partial charge in [-0.2, -0.15) is 4.98 Å². The average molecular weight is 419 g/mol. The fraction of sp³-hybridized carbons (Fsp3) is 0.0909. The van der Waals surface area contributed by atoms with E-state index < -0.39 is 11.6 Å². The monoisotopic (exact) mass is 419 g/mol. The first-order chi connectivity index (χ1) is 15.1. The van der Waals surface area contributed by atoms with Gasteiger partial charge in [0.1, 0.15) is 11.4 Å². The number of benzene rings is 2. The number of nitrogens with zero attached hydrogens (tertiary/aromatic N) is 5. The molecule has 1 aromatic heterocycles. The fourth-order valence-electron chi connectivity index (χ4n) is 3.18. The molecule has 0 saturated carbocycles. The fourth-order valence-corrected chi connectivity index (χ4v) is 3.18. The third-order valence-corrected chi connectivity index (χ3v) is 4.75. The molecule has 0 spiro atoms. The van der Waals surface area contributed by atoms with E-state index >= 15 is 0 Å². The van der Waals surface area contributed by atoms with Crippen molar-refractivity contribution >= 4 is 0 Å². The summed E-state index contributed by atoms with van der Waals surface area (Å²) in [4.78, 5) is 13.1. The number of methoxy groups -OCH3 is 1. The Labute approximate surface area is 175 Å². The molecule has 0 amide bonds. The van der Waals surface area contributed by atoms with Crippen molar-refractivity contribution in [3.05, 3.63) is 78.4 Å². The molecule has 0 aliphatic carbocycles. The minimum Gasteiger partial charge on any atom is -0.497 e. The third kappa shape index (κ3) is 3.61. The van der Waals surface area contributed by atoms with E-state index in [0.29, 0.717) is 29.6 Å². The summed E-state index contributed by atoms with van der Waals surface area (Å²) < 4.78 is 39.9. The van der Waals surface area contributed by atoms with Gasteiger partial charge in [0.2, 0.25) is 0 Å². The van der Waals surface area contributed by atoms with Crippen LogP contribution in [0.1, 0.15) is 5.82 Å². The first kappa shape index (κ1) is 18.9. The summed E-state index contributed by atoms with van der Waals surface area (Å²) in [6, 6.07) is 13.0. The van der Waals surface area contributed by atoms with E-state index in [1.54, 1.807) is 25.6 Å². The number of pyridine rings is 1. The zero-order valence-corrected chi connectivity index (χ0v) is 16.3. The molecule has 0 N–H and O–H groups in total. The molecule has 2 aliphatic rings. The van der Waals surface area contributed by atoms with Crippen molar-refractivity contribution in [1.82, 2.24) is 24.7 Å². The molecule has 2 aromatic carbocycles. The third-order valence-electron chi connectivity index (χ3n) is 4.75. The zero-order valence-electron chi connectivity index (χ0n) is 16.3. The van der Waals surface area contributed by atoms with Crippen LogP contribution in [0, 0.1) is 11.6 Å². The van der Waals surface area contributed by atoms with Crippen molar-refractivity contribution in [3.63, 3.8) is 0 Å². The number of rotatable bonds is 5. The number of hydrogen-bond acceptors (Lipinski definition) is 6. The summed E-state index contributed by atoms with van der Waals surface area (Å²) in [5.74, 6) is -0.163. The van der Waals surface area contributed by atoms with Crippen molar-refractivity contribution < 1.29 is 18.0 Å². The van der Waals surface area contributed by atoms with Gasteiger partial charge in [-0.05, 0) is 42.5 Å². The van der Waals surface area contributed by atoms with Crippen LogP contribution < -0.4 is 4.74 Å². The highest BCUT2D eigenvalue weighted by Gasteiger charge is 2.18. The summed E-state index contributed by atoms with van der Waals surface area (Å²) in [5, 5.41) is 4.02. The van der Waals surface area contributed by atoms with Gasteiger partial charge in [0.25, 0.3) is 5.89 Å². The maximum Gasteiger partial charge on any atom is 0.257 e. The zero-order chi connectivity index (χ0) is 21.4. The molecule has 7 nitrogen and oxygen atoms in total. The SMILES string of the molecule is COc1ccc(-c2nc(Cn3ccc4nc(-c5cccc(F)c5F)nc-4c3)no2)cc1. The van der Waals surface area contributed by atoms with E-state index in [9.17, 15) is 8.78 Å². The van der Waals surface area contributed by atoms with Crippen LogP contribution in [0.5, 0.6) is 5.75 Å². The quantitative estimate of drug-likeness (QED) is 0.419. The maximum absolute atomic E-state index is 14.1. The van der Waals surface area contributed by atoms with E-state index in [-0.39, 0.29) is 11.4 Å². The molecule has 31 heavy (non-hydrogen) atoms. The number of halogens is 2. The van der Waals surface area contributed by atoms with Gasteiger partial charge < -0.3 is 13.8 Å². The number of hydrogen-bond donors (Lipinski definition) is 0. The van der Waals surface area contributed by atoms with E-state index in [1.807, 2.05) is 28.8 Å². The van der Waals surface area contributed by atoms with Gasteiger partial charge in [0, 0.05) is 18.0 Å². The Kier molecular flexibility index (Phi) is 4.62. The topological polar surface area (TPSA) is 78.9 Å². The van der Waals surface area contributed by atoms with Crippen LogP contribution in [-0.2, 0) is 6.54 Å². The first-order valence-electron chi connectivity index (χ1n) is 9.35. The molecule has 0 atom stereocenters. The lowest BCUT2D eigenvalue weighted by Gasteiger charge is -2.04. The molecule has 3 aromatic rings. The highest BCUT2D eigenvalue weighted by molar-refractivity contribution is 5.66. The molecule has 0 radical (unpaired) electrons. The summed E-state index contributed by atoms with van der Waals surface area (Å²) in [6.45, 7) is 0.339. The van der Waals surface area contributed by atoms with Crippen molar-refractivity contribution in [1.29, 1.82) is 0 Å². The summed E-state index contributed by atoms with van der Waals surface area (Å²) in [5.41, 5.74) is 1.91. The largest absolute Gasteiger partial charge is 0.497 e. The van der Waals surface area contributed by atoms with Crippen LogP contribution in [0.25, 0.3) is 34.2 Å². The maximum atomic E-state index is 14.1. The summed E-state index contributed by atoms with van der Waals surface area (Å²) in [7, 11) is 1.60. The molecular weight excluding hydrogens is 404 g/mol. The standard InChI is InChI=1S/C22H15F2N5O2/c1-30-14-7-5-13(6-8-14)22-27-19(28-31-22)12-29-10-9-17-18(11-29)26-21(25-17)15-3-2-4-16(23)20(15)24/h2-11H,12H2,1H3. The van der Waals surface area contributed by atoms with Gasteiger partial charge in [-0.3, -0.25) is 0 Å². The van der Waals surface area contributed by atoms with E-state index in [0.717, 1.165) is 17.4 Å². The van der Waals surface area contributed by atoms with E-state index in [1.165, 1.54) is 12.1 Å². The van der Waals surface area contributed by atoms with Crippen LogP contribution in [0.3, 0.4) is 0 Å². The van der Waals surface area contributed by atoms with Gasteiger partial charge in [0.15, 0.2) is 23.3 Å². The molecule has 3 heterocycles. The van der Waals surface area contributed by atoms with Crippen LogP contribution in [0.15, 0.2) is 65.4 Å². The van der Waals surface area contributed by atoms with Crippen LogP contribution in [-0.4, -0.2) is 31.8 Å². The second kappa shape index (κ2) is 7.60. The normalized spacial score (nSPS) is 11.2. The lowest BCUT2D eigenvalue weighted by Crippen LogP contribution is -2.02. The number of ether oxygens (including phenoxy) is 1. The Morgan fingerprint density at radius 3 is 2.58 bits per heavy atom. The van der Waals surface area contributed by atoms with Crippen molar-refractivity contribution in [3.8, 4) is 40.0 Å². The number of fused-ring (bicyclic) bond motifs is 1. The molecular formula is C22H15F2N5O2. The predicted octanol–water partition coefficient (Wildman–Crippen LogP) is 4.44. The molecule has 0 saturated heterocycles. The first-order valence-corrected chi connectivity index (χ1v) is 9.35. The minimum atomic E-state index is -0.969. The highest BCUT2D eigenvalue weighted by Crippen LogP contribution is 2.27. The molecule has 2 aliphatic heterocycles. The molecule has 0 fully saturated rings. The van der Waals surface area contributed by atoms with Crippen molar-refractivity contribution in [2.75, 3.05) is 7.11 Å². The minimum absolute atomic E-state index is 0.0186. The Balaban J connectivity index is 1.39. The second-order valence-corrected chi connectivity index (χ2v) is 6.78. The van der Waals surface area contributed by atoms with Gasteiger partial charge in [-0.15, -0.1) is 0 Å². The summed E-state index contributed by atoms with van der Waals surface area (Å²) in [6.07, 6.45) is 3.53. The lowest BCUT2D eigenvalue weighted by molar-refractivity contribution is 0.413. The van der Waals surface area contributed by atoms with Crippen molar-refractivity contribution in [2.24, 2.45) is 0 Å². The van der Waals surface area contributed by atoms with Crippen molar-refractivity contribution in [2.45, 2.75) is 6.54 Å². The summed E-state index contributed by atoms with van der Waals surface area (Å²) >= 11 is 0. The Morgan fingerprint density at radius 2 is 1.77 bits per heavy atom. The van der Waals surface area contributed by atoms with E-state index in [4.69, 9.17) is 9.26 Å². The lowest BCUT2D eigenvalue weighted by atomic mass is 10.2. The Bertz CT molecular complexity index is 1330. The highest BCUT2D eigenvalue weighted by atomic mass is 19.2. The molecule has 154 valence electrons. The van der Waals surface area contributed by atoms with E-state index in [2.05, 4.69) is 20.1 Å². The average Bonchev–Trinajstić information content (AvgIpc) is 3.42. The molecule has 5 rings (SSSR count). The van der Waals surface area contributed by atoms with Gasteiger partial charge in [0.05, 0.1) is 24.9 Å². The number of imidazole rings is 1. The predicted molar refractivity (Wildman–Crippen MR) is 107 cm³/mol. The molecule has 0 bridgehead atoms. The van der Waals surface area contributed by atoms with Gasteiger partial charge >= 0.3 is 0 Å². The van der Waals surface area contributed by atoms with Crippen LogP contribution >= 0.6 is 0 Å². The Hall–Kier alpha value is -4.14. The van der Waals surface area contributed by atoms with Crippen LogP contribution in [0.4, 0.5) is 8.78 Å². The molecule has 9 heteroatoms. The molecule has 0 unspecified atom stereocenters. The second-order valence-electron chi connectivity index (χ2n) is 6.78. The van der Waals surface area contributed by atoms with Gasteiger partial charge in [-0.1, -0.05) is 11.2 Å². The van der Waals surface area contributed by atoms with Gasteiger partial charge in [-0.25, -0.2) is 18.7 Å².